The summed E-state index contributed by atoms with van der Waals surface area (Å²) in [4.78, 5) is 14.9. The third-order valence-corrected chi connectivity index (χ3v) is 6.85. The number of thioether (sulfide) groups is 1. The Labute approximate surface area is 197 Å². The van der Waals surface area contributed by atoms with Crippen molar-refractivity contribution < 1.29 is 14.3 Å². The molecule has 172 valence electrons. The summed E-state index contributed by atoms with van der Waals surface area (Å²) in [5.41, 5.74) is 3.78. The number of anilines is 1. The van der Waals surface area contributed by atoms with Gasteiger partial charge in [-0.1, -0.05) is 43.8 Å². The second-order valence-electron chi connectivity index (χ2n) is 8.23. The second-order valence-corrected chi connectivity index (χ2v) is 9.17. The molecule has 8 nitrogen and oxygen atoms in total. The van der Waals surface area contributed by atoms with Crippen LogP contribution in [0, 0.1) is 0 Å². The number of nitrogen functional groups attached to an aromatic ring is 1. The summed E-state index contributed by atoms with van der Waals surface area (Å²) in [7, 11) is 5.14. The quantitative estimate of drug-likeness (QED) is 0.321. The van der Waals surface area contributed by atoms with Crippen molar-refractivity contribution in [2.24, 2.45) is 0 Å². The summed E-state index contributed by atoms with van der Waals surface area (Å²) in [6.45, 7) is 4.26. The summed E-state index contributed by atoms with van der Waals surface area (Å²) >= 11 is 1.25. The first-order valence-electron chi connectivity index (χ1n) is 10.4. The van der Waals surface area contributed by atoms with Crippen LogP contribution in [0.1, 0.15) is 19.4 Å². The van der Waals surface area contributed by atoms with Gasteiger partial charge in [-0.3, -0.25) is 4.79 Å². The van der Waals surface area contributed by atoms with E-state index in [1.54, 1.807) is 32.4 Å². The average molecular weight is 466 g/mol. The summed E-state index contributed by atoms with van der Waals surface area (Å²) in [6.07, 6.45) is 1.72. The van der Waals surface area contributed by atoms with E-state index in [0.29, 0.717) is 22.5 Å². The number of carbonyl (C=O) groups excluding carboxylic acids is 1. The van der Waals surface area contributed by atoms with E-state index < -0.39 is 0 Å². The molecule has 4 rings (SSSR count). The Balaban J connectivity index is 1.50. The molecule has 0 saturated heterocycles. The lowest BCUT2D eigenvalue weighted by Gasteiger charge is -2.23. The SMILES string of the molecule is COc1ccc(-c2nnc(SCC(=O)/C=C3/N(C)c4ccccc4C3(C)C)n2N)cc1OC. The molecule has 0 amide bonds. The molecule has 0 unspecified atom stereocenters. The molecule has 0 atom stereocenters. The second kappa shape index (κ2) is 8.82. The number of ketones is 1. The van der Waals surface area contributed by atoms with Gasteiger partial charge in [-0.15, -0.1) is 10.2 Å². The van der Waals surface area contributed by atoms with Gasteiger partial charge in [0.2, 0.25) is 5.16 Å². The molecule has 2 N–H and O–H groups in total. The number of nitrogens with zero attached hydrogens (tertiary/aromatic N) is 4. The molecular weight excluding hydrogens is 438 g/mol. The first-order chi connectivity index (χ1) is 15.8. The topological polar surface area (TPSA) is 95.5 Å². The molecule has 1 aliphatic heterocycles. The number of hydrogen-bond acceptors (Lipinski definition) is 8. The first-order valence-corrected chi connectivity index (χ1v) is 11.4. The van der Waals surface area contributed by atoms with Crippen LogP contribution in [0.15, 0.2) is 59.4 Å². The number of aromatic nitrogens is 3. The van der Waals surface area contributed by atoms with Crippen molar-refractivity contribution in [3.05, 3.63) is 59.8 Å². The minimum Gasteiger partial charge on any atom is -0.493 e. The molecule has 0 radical (unpaired) electrons. The molecule has 0 bridgehead atoms. The van der Waals surface area contributed by atoms with Gasteiger partial charge in [-0.2, -0.15) is 0 Å². The van der Waals surface area contributed by atoms with Crippen molar-refractivity contribution >= 4 is 23.2 Å². The average Bonchev–Trinajstić information content (AvgIpc) is 3.28. The number of benzene rings is 2. The number of nitrogens with two attached hydrogens (primary N) is 1. The van der Waals surface area contributed by atoms with Gasteiger partial charge in [-0.05, 0) is 29.8 Å². The third-order valence-electron chi connectivity index (χ3n) is 5.89. The largest absolute Gasteiger partial charge is 0.493 e. The number of fused-ring (bicyclic) bond motifs is 1. The van der Waals surface area contributed by atoms with Crippen LogP contribution in [-0.2, 0) is 10.2 Å². The Kier molecular flexibility index (Phi) is 6.07. The van der Waals surface area contributed by atoms with Gasteiger partial charge < -0.3 is 20.2 Å². The first kappa shape index (κ1) is 22.7. The highest BCUT2D eigenvalue weighted by Crippen LogP contribution is 2.46. The van der Waals surface area contributed by atoms with Crippen molar-refractivity contribution in [2.45, 2.75) is 24.4 Å². The maximum absolute atomic E-state index is 12.8. The van der Waals surface area contributed by atoms with Gasteiger partial charge in [0.05, 0.1) is 20.0 Å². The van der Waals surface area contributed by atoms with Crippen molar-refractivity contribution in [1.82, 2.24) is 14.9 Å². The molecule has 9 heteroatoms. The molecule has 1 aromatic heterocycles. The van der Waals surface area contributed by atoms with E-state index in [1.165, 1.54) is 22.0 Å². The lowest BCUT2D eigenvalue weighted by Crippen LogP contribution is -2.24. The number of allylic oxidation sites excluding steroid dienone is 2. The van der Waals surface area contributed by atoms with Crippen LogP contribution in [0.25, 0.3) is 11.4 Å². The predicted octanol–water partition coefficient (Wildman–Crippen LogP) is 3.65. The number of para-hydroxylation sites is 1. The molecule has 1 aliphatic rings. The molecule has 0 saturated carbocycles. The molecule has 3 aromatic rings. The van der Waals surface area contributed by atoms with E-state index in [2.05, 4.69) is 41.1 Å². The lowest BCUT2D eigenvalue weighted by molar-refractivity contribution is -0.112. The van der Waals surface area contributed by atoms with Gasteiger partial charge in [0, 0.05) is 35.5 Å². The highest BCUT2D eigenvalue weighted by Gasteiger charge is 2.38. The summed E-state index contributed by atoms with van der Waals surface area (Å²) in [5, 5.41) is 8.81. The van der Waals surface area contributed by atoms with E-state index >= 15 is 0 Å². The monoisotopic (exact) mass is 465 g/mol. The highest BCUT2D eigenvalue weighted by molar-refractivity contribution is 7.99. The van der Waals surface area contributed by atoms with Crippen molar-refractivity contribution in [1.29, 1.82) is 0 Å². The Morgan fingerprint density at radius 3 is 2.55 bits per heavy atom. The summed E-state index contributed by atoms with van der Waals surface area (Å²) < 4.78 is 12.0. The van der Waals surface area contributed by atoms with Gasteiger partial charge in [-0.25, -0.2) is 4.68 Å². The number of carbonyl (C=O) groups is 1. The number of rotatable bonds is 7. The van der Waals surface area contributed by atoms with Crippen molar-refractivity contribution in [3.8, 4) is 22.9 Å². The van der Waals surface area contributed by atoms with Crippen LogP contribution in [-0.4, -0.2) is 47.7 Å². The summed E-state index contributed by atoms with van der Waals surface area (Å²) in [5.74, 6) is 8.07. The zero-order valence-corrected chi connectivity index (χ0v) is 20.1. The maximum Gasteiger partial charge on any atom is 0.210 e. The van der Waals surface area contributed by atoms with Gasteiger partial charge in [0.25, 0.3) is 0 Å². The normalized spacial score (nSPS) is 15.5. The Morgan fingerprint density at radius 2 is 1.85 bits per heavy atom. The predicted molar refractivity (Wildman–Crippen MR) is 130 cm³/mol. The van der Waals surface area contributed by atoms with Crippen molar-refractivity contribution in [3.63, 3.8) is 0 Å². The third kappa shape index (κ3) is 4.04. The van der Waals surface area contributed by atoms with E-state index in [1.807, 2.05) is 25.2 Å². The minimum atomic E-state index is -0.250. The zero-order valence-electron chi connectivity index (χ0n) is 19.3. The molecular formula is C24H27N5O3S. The van der Waals surface area contributed by atoms with Gasteiger partial charge in [0.1, 0.15) is 0 Å². The van der Waals surface area contributed by atoms with Crippen LogP contribution in [0.3, 0.4) is 0 Å². The smallest absolute Gasteiger partial charge is 0.210 e. The van der Waals surface area contributed by atoms with Crippen molar-refractivity contribution in [2.75, 3.05) is 37.8 Å². The fourth-order valence-corrected chi connectivity index (χ4v) is 4.82. The minimum absolute atomic E-state index is 0.0154. The van der Waals surface area contributed by atoms with E-state index in [4.69, 9.17) is 15.3 Å². The molecule has 2 heterocycles. The Hall–Kier alpha value is -3.46. The number of likely N-dealkylation sites (N-methyl/N-ethyl adjacent to an activating group) is 1. The number of hydrogen-bond donors (Lipinski definition) is 1. The highest BCUT2D eigenvalue weighted by atomic mass is 32.2. The van der Waals surface area contributed by atoms with Crippen LogP contribution in [0.5, 0.6) is 11.5 Å². The van der Waals surface area contributed by atoms with E-state index in [9.17, 15) is 4.79 Å². The van der Waals surface area contributed by atoms with Gasteiger partial charge in [0.15, 0.2) is 23.1 Å². The van der Waals surface area contributed by atoms with Crippen LogP contribution in [0.4, 0.5) is 5.69 Å². The van der Waals surface area contributed by atoms with E-state index in [0.717, 1.165) is 16.9 Å². The van der Waals surface area contributed by atoms with Crippen LogP contribution < -0.4 is 20.2 Å². The van der Waals surface area contributed by atoms with Crippen LogP contribution >= 0.6 is 11.8 Å². The zero-order chi connectivity index (χ0) is 23.8. The standard InChI is InChI=1S/C24H27N5O3S/c1-24(2)17-8-6-7-9-18(17)28(3)21(24)13-16(30)14-33-23-27-26-22(29(23)25)15-10-11-19(31-4)20(12-15)32-5/h6-13H,14,25H2,1-5H3/b21-13+. The molecule has 0 spiro atoms. The van der Waals surface area contributed by atoms with Crippen LogP contribution in [0.2, 0.25) is 0 Å². The molecule has 0 aliphatic carbocycles. The van der Waals surface area contributed by atoms with E-state index in [-0.39, 0.29) is 17.0 Å². The fraction of sp³-hybridized carbons (Fsp3) is 0.292. The summed E-state index contributed by atoms with van der Waals surface area (Å²) in [6, 6.07) is 13.6. The number of methoxy groups -OCH3 is 2. The molecule has 0 fully saturated rings. The molecule has 2 aromatic carbocycles. The lowest BCUT2D eigenvalue weighted by atomic mass is 9.83. The molecule has 33 heavy (non-hydrogen) atoms. The van der Waals surface area contributed by atoms with Gasteiger partial charge >= 0.3 is 0 Å². The Morgan fingerprint density at radius 1 is 1.12 bits per heavy atom. The Bertz CT molecular complexity index is 1230. The maximum atomic E-state index is 12.8. The number of ether oxygens (including phenoxy) is 2. The fourth-order valence-electron chi connectivity index (χ4n) is 4.14.